The second kappa shape index (κ2) is 8.18. The number of amides is 1. The highest BCUT2D eigenvalue weighted by molar-refractivity contribution is 7.89. The van der Waals surface area contributed by atoms with Crippen molar-refractivity contribution in [2.45, 2.75) is 38.0 Å². The van der Waals surface area contributed by atoms with Crippen LogP contribution < -0.4 is 9.46 Å². The van der Waals surface area contributed by atoms with Crippen LogP contribution in [0, 0.1) is 6.92 Å². The van der Waals surface area contributed by atoms with Gasteiger partial charge in [-0.3, -0.25) is 4.79 Å². The summed E-state index contributed by atoms with van der Waals surface area (Å²) in [4.78, 5) is 13.7. The molecule has 1 amide bonds. The molecule has 0 saturated carbocycles. The highest BCUT2D eigenvalue weighted by Gasteiger charge is 2.23. The second-order valence-electron chi connectivity index (χ2n) is 5.72. The molecule has 1 saturated heterocycles. The number of benzene rings is 1. The van der Waals surface area contributed by atoms with Gasteiger partial charge in [-0.05, 0) is 44.4 Å². The Morgan fingerprint density at radius 1 is 1.33 bits per heavy atom. The minimum Gasteiger partial charge on any atom is -0.492 e. The number of aryl methyl sites for hydroxylation is 1. The maximum Gasteiger partial charge on any atom is 0.244 e. The average molecular weight is 375 g/mol. The van der Waals surface area contributed by atoms with Crippen molar-refractivity contribution in [1.82, 2.24) is 9.62 Å². The summed E-state index contributed by atoms with van der Waals surface area (Å²) in [5, 5.41) is 0.354. The lowest BCUT2D eigenvalue weighted by molar-refractivity contribution is -0.129. The number of carbonyl (C=O) groups excluding carboxylic acids is 1. The average Bonchev–Trinajstić information content (AvgIpc) is 3.05. The number of hydrogen-bond donors (Lipinski definition) is 1. The van der Waals surface area contributed by atoms with Crippen LogP contribution in [0.15, 0.2) is 17.0 Å². The Hall–Kier alpha value is -1.31. The Balaban J connectivity index is 2.06. The summed E-state index contributed by atoms with van der Waals surface area (Å²) in [6, 6.07) is 2.99. The normalized spacial score (nSPS) is 14.9. The molecule has 0 aliphatic carbocycles. The maximum absolute atomic E-state index is 12.5. The zero-order valence-corrected chi connectivity index (χ0v) is 15.5. The number of nitrogens with zero attached hydrogens (tertiary/aromatic N) is 1. The van der Waals surface area contributed by atoms with E-state index in [0.717, 1.165) is 31.5 Å². The zero-order chi connectivity index (χ0) is 17.7. The molecule has 0 atom stereocenters. The van der Waals surface area contributed by atoms with Crippen LogP contribution in [0.5, 0.6) is 5.75 Å². The smallest absolute Gasteiger partial charge is 0.244 e. The number of nitrogens with one attached hydrogen (secondary N) is 1. The molecular weight excluding hydrogens is 352 g/mol. The van der Waals surface area contributed by atoms with E-state index in [1.165, 1.54) is 6.07 Å². The third-order valence-electron chi connectivity index (χ3n) is 3.90. The molecule has 0 radical (unpaired) electrons. The van der Waals surface area contributed by atoms with Gasteiger partial charge in [0.05, 0.1) is 6.61 Å². The molecule has 24 heavy (non-hydrogen) atoms. The van der Waals surface area contributed by atoms with Gasteiger partial charge in [0.1, 0.15) is 10.6 Å². The highest BCUT2D eigenvalue weighted by atomic mass is 35.5. The largest absolute Gasteiger partial charge is 0.492 e. The Labute approximate surface area is 148 Å². The van der Waals surface area contributed by atoms with Crippen molar-refractivity contribution in [3.63, 3.8) is 0 Å². The minimum absolute atomic E-state index is 0.00595. The monoisotopic (exact) mass is 374 g/mol. The summed E-state index contributed by atoms with van der Waals surface area (Å²) >= 11 is 6.05. The van der Waals surface area contributed by atoms with E-state index >= 15 is 0 Å². The molecule has 1 fully saturated rings. The van der Waals surface area contributed by atoms with Gasteiger partial charge in [-0.15, -0.1) is 0 Å². The molecule has 0 bridgehead atoms. The molecule has 2 rings (SSSR count). The van der Waals surface area contributed by atoms with Gasteiger partial charge in [0.25, 0.3) is 0 Å². The highest BCUT2D eigenvalue weighted by Crippen LogP contribution is 2.30. The number of hydrogen-bond acceptors (Lipinski definition) is 4. The van der Waals surface area contributed by atoms with Gasteiger partial charge in [0.2, 0.25) is 15.9 Å². The van der Waals surface area contributed by atoms with E-state index in [0.29, 0.717) is 11.6 Å². The van der Waals surface area contributed by atoms with Crippen molar-refractivity contribution in [1.29, 1.82) is 0 Å². The van der Waals surface area contributed by atoms with Crippen LogP contribution >= 0.6 is 11.6 Å². The number of likely N-dealkylation sites (tertiary alicyclic amines) is 1. The van der Waals surface area contributed by atoms with E-state index in [4.69, 9.17) is 16.3 Å². The van der Waals surface area contributed by atoms with E-state index in [9.17, 15) is 13.2 Å². The molecule has 6 nitrogen and oxygen atoms in total. The topological polar surface area (TPSA) is 75.7 Å². The summed E-state index contributed by atoms with van der Waals surface area (Å²) < 4.78 is 32.9. The minimum atomic E-state index is -3.80. The van der Waals surface area contributed by atoms with Crippen LogP contribution in [-0.2, 0) is 14.8 Å². The Kier molecular flexibility index (Phi) is 6.48. The van der Waals surface area contributed by atoms with Crippen molar-refractivity contribution in [2.24, 2.45) is 0 Å². The van der Waals surface area contributed by atoms with E-state index in [1.54, 1.807) is 24.8 Å². The van der Waals surface area contributed by atoms with Gasteiger partial charge in [0.15, 0.2) is 0 Å². The number of ether oxygens (including phenoxy) is 1. The maximum atomic E-state index is 12.5. The molecule has 1 aliphatic heterocycles. The third kappa shape index (κ3) is 4.62. The Morgan fingerprint density at radius 2 is 2.00 bits per heavy atom. The van der Waals surface area contributed by atoms with Gasteiger partial charge >= 0.3 is 0 Å². The van der Waals surface area contributed by atoms with Gasteiger partial charge in [0, 0.05) is 31.1 Å². The number of halogens is 1. The first-order chi connectivity index (χ1) is 11.3. The summed E-state index contributed by atoms with van der Waals surface area (Å²) in [6.07, 6.45) is 2.16. The molecule has 8 heteroatoms. The van der Waals surface area contributed by atoms with Crippen LogP contribution in [-0.4, -0.2) is 45.5 Å². The molecule has 1 aliphatic rings. The molecular formula is C16H23ClN2O4S. The van der Waals surface area contributed by atoms with Crippen molar-refractivity contribution >= 4 is 27.5 Å². The lowest BCUT2D eigenvalue weighted by Crippen LogP contribution is -2.32. The third-order valence-corrected chi connectivity index (χ3v) is 5.79. The molecule has 0 aromatic heterocycles. The number of sulfonamides is 1. The van der Waals surface area contributed by atoms with E-state index in [1.807, 2.05) is 0 Å². The van der Waals surface area contributed by atoms with Crippen molar-refractivity contribution < 1.29 is 17.9 Å². The summed E-state index contributed by atoms with van der Waals surface area (Å²) in [5.74, 6) is 0.236. The van der Waals surface area contributed by atoms with Gasteiger partial charge < -0.3 is 9.64 Å². The lowest BCUT2D eigenvalue weighted by atomic mass is 10.2. The zero-order valence-electron chi connectivity index (χ0n) is 14.0. The first-order valence-electron chi connectivity index (χ1n) is 8.05. The van der Waals surface area contributed by atoms with Crippen LogP contribution in [0.4, 0.5) is 0 Å². The second-order valence-corrected chi connectivity index (χ2v) is 7.86. The summed E-state index contributed by atoms with van der Waals surface area (Å²) in [6.45, 7) is 5.47. The lowest BCUT2D eigenvalue weighted by Gasteiger charge is -2.16. The quantitative estimate of drug-likeness (QED) is 0.794. The van der Waals surface area contributed by atoms with E-state index in [2.05, 4.69) is 4.72 Å². The molecule has 0 spiro atoms. The fourth-order valence-corrected chi connectivity index (χ4v) is 4.02. The molecule has 0 unspecified atom stereocenters. The van der Waals surface area contributed by atoms with Gasteiger partial charge in [-0.25, -0.2) is 13.1 Å². The van der Waals surface area contributed by atoms with E-state index < -0.39 is 10.0 Å². The van der Waals surface area contributed by atoms with E-state index in [-0.39, 0.29) is 29.5 Å². The number of rotatable bonds is 7. The van der Waals surface area contributed by atoms with Crippen LogP contribution in [0.2, 0.25) is 5.02 Å². The predicted molar refractivity (Wildman–Crippen MR) is 93.0 cm³/mol. The SMILES string of the molecule is CCOc1cc(C)c(Cl)cc1S(=O)(=O)NCCC(=O)N1CCCC1. The molecule has 1 aromatic carbocycles. The fourth-order valence-electron chi connectivity index (χ4n) is 2.61. The van der Waals surface area contributed by atoms with Crippen LogP contribution in [0.25, 0.3) is 0 Å². The van der Waals surface area contributed by atoms with Gasteiger partial charge in [-0.1, -0.05) is 11.6 Å². The standard InChI is InChI=1S/C16H23ClN2O4S/c1-3-23-14-10-12(2)13(17)11-15(14)24(21,22)18-7-6-16(20)19-8-4-5-9-19/h10-11,18H,3-9H2,1-2H3. The van der Waals surface area contributed by atoms with Crippen molar-refractivity contribution in [2.75, 3.05) is 26.2 Å². The first-order valence-corrected chi connectivity index (χ1v) is 9.91. The molecule has 134 valence electrons. The van der Waals surface area contributed by atoms with Crippen molar-refractivity contribution in [3.05, 3.63) is 22.7 Å². The molecule has 1 aromatic rings. The Morgan fingerprint density at radius 3 is 2.62 bits per heavy atom. The van der Waals surface area contributed by atoms with Gasteiger partial charge in [-0.2, -0.15) is 0 Å². The first kappa shape index (κ1) is 19.0. The van der Waals surface area contributed by atoms with Crippen LogP contribution in [0.3, 0.4) is 0 Å². The summed E-state index contributed by atoms with van der Waals surface area (Å²) in [5.41, 5.74) is 0.739. The fraction of sp³-hybridized carbons (Fsp3) is 0.562. The van der Waals surface area contributed by atoms with Crippen molar-refractivity contribution in [3.8, 4) is 5.75 Å². The number of carbonyl (C=O) groups is 1. The molecule has 1 N–H and O–H groups in total. The van der Waals surface area contributed by atoms with Crippen LogP contribution in [0.1, 0.15) is 31.7 Å². The molecule has 1 heterocycles. The Bertz CT molecular complexity index is 700. The predicted octanol–water partition coefficient (Wildman–Crippen LogP) is 2.34. The summed E-state index contributed by atoms with van der Waals surface area (Å²) in [7, 11) is -3.80.